The Morgan fingerprint density at radius 1 is 0.967 bits per heavy atom. The summed E-state index contributed by atoms with van der Waals surface area (Å²) in [6, 6.07) is 17.8. The van der Waals surface area contributed by atoms with Gasteiger partial charge in [-0.2, -0.15) is 0 Å². The smallest absolute Gasteiger partial charge is 0.235 e. The number of rotatable bonds is 5. The molecule has 0 saturated heterocycles. The zero-order valence-electron chi connectivity index (χ0n) is 16.4. The van der Waals surface area contributed by atoms with Crippen LogP contribution in [0, 0.1) is 6.92 Å². The van der Waals surface area contributed by atoms with Crippen molar-refractivity contribution in [1.82, 2.24) is 0 Å². The molecule has 0 aliphatic rings. The molecule has 0 radical (unpaired) electrons. The standard InChI is InChI=1S/C24H18Cl2O4/c1-14-3-10-19-21(11-14)30-23(15-5-8-18(28-2)9-6-15)24(22(19)27)29-13-16-4-7-17(25)12-20(16)26/h3-12H,13H2,1-2H3. The predicted molar refractivity (Wildman–Crippen MR) is 120 cm³/mol. The highest BCUT2D eigenvalue weighted by atomic mass is 35.5. The summed E-state index contributed by atoms with van der Waals surface area (Å²) in [4.78, 5) is 13.3. The maximum absolute atomic E-state index is 13.3. The van der Waals surface area contributed by atoms with Crippen LogP contribution in [0.1, 0.15) is 11.1 Å². The van der Waals surface area contributed by atoms with Crippen molar-refractivity contribution in [3.05, 3.63) is 92.1 Å². The SMILES string of the molecule is COc1ccc(-c2oc3cc(C)ccc3c(=O)c2OCc2ccc(Cl)cc2Cl)cc1. The van der Waals surface area contributed by atoms with Gasteiger partial charge in [-0.15, -0.1) is 0 Å². The van der Waals surface area contributed by atoms with Crippen molar-refractivity contribution in [1.29, 1.82) is 0 Å². The minimum Gasteiger partial charge on any atom is -0.497 e. The molecule has 4 aromatic rings. The molecule has 0 N–H and O–H groups in total. The van der Waals surface area contributed by atoms with E-state index in [1.807, 2.05) is 31.2 Å². The van der Waals surface area contributed by atoms with Crippen molar-refractivity contribution in [3.8, 4) is 22.8 Å². The van der Waals surface area contributed by atoms with Gasteiger partial charge in [0, 0.05) is 21.2 Å². The van der Waals surface area contributed by atoms with Gasteiger partial charge in [0.25, 0.3) is 0 Å². The average molecular weight is 441 g/mol. The van der Waals surface area contributed by atoms with E-state index in [0.29, 0.717) is 43.7 Å². The second kappa shape index (κ2) is 8.42. The molecule has 4 rings (SSSR count). The van der Waals surface area contributed by atoms with Crippen LogP contribution >= 0.6 is 23.2 Å². The molecule has 0 atom stereocenters. The van der Waals surface area contributed by atoms with E-state index >= 15 is 0 Å². The molecule has 30 heavy (non-hydrogen) atoms. The second-order valence-corrected chi connectivity index (χ2v) is 7.69. The summed E-state index contributed by atoms with van der Waals surface area (Å²) in [5.41, 5.74) is 2.67. The van der Waals surface area contributed by atoms with Gasteiger partial charge in [0.1, 0.15) is 17.9 Å². The van der Waals surface area contributed by atoms with Crippen LogP contribution in [0.5, 0.6) is 11.5 Å². The highest BCUT2D eigenvalue weighted by molar-refractivity contribution is 6.35. The molecule has 0 spiro atoms. The number of aryl methyl sites for hydroxylation is 1. The second-order valence-electron chi connectivity index (χ2n) is 6.84. The fraction of sp³-hybridized carbons (Fsp3) is 0.125. The zero-order chi connectivity index (χ0) is 21.3. The van der Waals surface area contributed by atoms with Gasteiger partial charge in [0.05, 0.1) is 12.5 Å². The molecular weight excluding hydrogens is 423 g/mol. The van der Waals surface area contributed by atoms with E-state index in [1.54, 1.807) is 43.5 Å². The Hall–Kier alpha value is -2.95. The van der Waals surface area contributed by atoms with Gasteiger partial charge in [0.2, 0.25) is 11.2 Å². The lowest BCUT2D eigenvalue weighted by molar-refractivity contribution is 0.298. The number of halogens is 2. The number of hydrogen-bond donors (Lipinski definition) is 0. The summed E-state index contributed by atoms with van der Waals surface area (Å²) < 4.78 is 17.3. The van der Waals surface area contributed by atoms with Gasteiger partial charge < -0.3 is 13.9 Å². The summed E-state index contributed by atoms with van der Waals surface area (Å²) >= 11 is 12.2. The van der Waals surface area contributed by atoms with Gasteiger partial charge in [-0.25, -0.2) is 0 Å². The molecule has 0 fully saturated rings. The van der Waals surface area contributed by atoms with Gasteiger partial charge in [0.15, 0.2) is 5.76 Å². The van der Waals surface area contributed by atoms with Crippen LogP contribution < -0.4 is 14.9 Å². The van der Waals surface area contributed by atoms with Crippen LogP contribution in [-0.2, 0) is 6.61 Å². The van der Waals surface area contributed by atoms with Crippen molar-refractivity contribution in [2.45, 2.75) is 13.5 Å². The van der Waals surface area contributed by atoms with Crippen molar-refractivity contribution in [2.24, 2.45) is 0 Å². The zero-order valence-corrected chi connectivity index (χ0v) is 17.9. The quantitative estimate of drug-likeness (QED) is 0.347. The Labute approximate surface area is 183 Å². The van der Waals surface area contributed by atoms with E-state index in [0.717, 1.165) is 5.56 Å². The molecule has 6 heteroatoms. The van der Waals surface area contributed by atoms with Gasteiger partial charge in [-0.05, 0) is 61.0 Å². The van der Waals surface area contributed by atoms with E-state index in [-0.39, 0.29) is 17.8 Å². The van der Waals surface area contributed by atoms with E-state index in [9.17, 15) is 4.79 Å². The molecule has 1 heterocycles. The molecule has 0 bridgehead atoms. The molecule has 0 amide bonds. The first-order valence-corrected chi connectivity index (χ1v) is 10.0. The average Bonchev–Trinajstić information content (AvgIpc) is 2.74. The summed E-state index contributed by atoms with van der Waals surface area (Å²) in [7, 11) is 1.60. The number of methoxy groups -OCH3 is 1. The maximum atomic E-state index is 13.3. The van der Waals surface area contributed by atoms with Crippen LogP contribution in [-0.4, -0.2) is 7.11 Å². The molecular formula is C24H18Cl2O4. The predicted octanol–water partition coefficient (Wildman–Crippen LogP) is 6.66. The third-order valence-electron chi connectivity index (χ3n) is 4.75. The number of hydrogen-bond acceptors (Lipinski definition) is 4. The van der Waals surface area contributed by atoms with Crippen LogP contribution in [0.2, 0.25) is 10.0 Å². The molecule has 152 valence electrons. The Morgan fingerprint density at radius 2 is 1.73 bits per heavy atom. The molecule has 0 aliphatic heterocycles. The van der Waals surface area contributed by atoms with Crippen LogP contribution in [0.15, 0.2) is 69.9 Å². The van der Waals surface area contributed by atoms with Gasteiger partial charge in [-0.1, -0.05) is 35.3 Å². The largest absolute Gasteiger partial charge is 0.497 e. The fourth-order valence-corrected chi connectivity index (χ4v) is 3.60. The topological polar surface area (TPSA) is 48.7 Å². The van der Waals surface area contributed by atoms with Crippen molar-refractivity contribution in [3.63, 3.8) is 0 Å². The fourth-order valence-electron chi connectivity index (χ4n) is 3.14. The number of fused-ring (bicyclic) bond motifs is 1. The molecule has 4 nitrogen and oxygen atoms in total. The lowest BCUT2D eigenvalue weighted by atomic mass is 10.1. The number of ether oxygens (including phenoxy) is 2. The van der Waals surface area contributed by atoms with Crippen molar-refractivity contribution < 1.29 is 13.9 Å². The maximum Gasteiger partial charge on any atom is 0.235 e. The first-order chi connectivity index (χ1) is 14.5. The van der Waals surface area contributed by atoms with Gasteiger partial charge >= 0.3 is 0 Å². The highest BCUT2D eigenvalue weighted by Crippen LogP contribution is 2.33. The first kappa shape index (κ1) is 20.3. The van der Waals surface area contributed by atoms with Crippen LogP contribution in [0.3, 0.4) is 0 Å². The third kappa shape index (κ3) is 4.02. The van der Waals surface area contributed by atoms with E-state index in [2.05, 4.69) is 0 Å². The molecule has 0 saturated carbocycles. The summed E-state index contributed by atoms with van der Waals surface area (Å²) in [6.45, 7) is 2.04. The minimum absolute atomic E-state index is 0.0985. The Balaban J connectivity index is 1.83. The van der Waals surface area contributed by atoms with Crippen molar-refractivity contribution >= 4 is 34.2 Å². The van der Waals surface area contributed by atoms with E-state index in [1.165, 1.54) is 0 Å². The Bertz CT molecular complexity index is 1280. The van der Waals surface area contributed by atoms with Crippen molar-refractivity contribution in [2.75, 3.05) is 7.11 Å². The van der Waals surface area contributed by atoms with Gasteiger partial charge in [-0.3, -0.25) is 4.79 Å². The monoisotopic (exact) mass is 440 g/mol. The van der Waals surface area contributed by atoms with Crippen LogP contribution in [0.25, 0.3) is 22.3 Å². The Morgan fingerprint density at radius 3 is 2.43 bits per heavy atom. The van der Waals surface area contributed by atoms with E-state index < -0.39 is 0 Å². The molecule has 1 aromatic heterocycles. The Kier molecular flexibility index (Phi) is 5.71. The van der Waals surface area contributed by atoms with Crippen LogP contribution in [0.4, 0.5) is 0 Å². The first-order valence-electron chi connectivity index (χ1n) is 9.25. The molecule has 0 aliphatic carbocycles. The minimum atomic E-state index is -0.243. The number of benzene rings is 3. The third-order valence-corrected chi connectivity index (χ3v) is 5.33. The summed E-state index contributed by atoms with van der Waals surface area (Å²) in [6.07, 6.45) is 0. The normalized spacial score (nSPS) is 10.9. The summed E-state index contributed by atoms with van der Waals surface area (Å²) in [5.74, 6) is 1.18. The van der Waals surface area contributed by atoms with E-state index in [4.69, 9.17) is 37.1 Å². The lowest BCUT2D eigenvalue weighted by Crippen LogP contribution is -2.10. The highest BCUT2D eigenvalue weighted by Gasteiger charge is 2.18. The lowest BCUT2D eigenvalue weighted by Gasteiger charge is -2.13. The summed E-state index contributed by atoms with van der Waals surface area (Å²) in [5, 5.41) is 1.45. The molecule has 3 aromatic carbocycles. The molecule has 0 unspecified atom stereocenters.